The van der Waals surface area contributed by atoms with E-state index in [1.54, 1.807) is 24.3 Å². The molecule has 3 nitrogen and oxygen atoms in total. The number of likely N-dealkylation sites (N-methyl/N-ethyl adjacent to an activating group) is 1. The number of hydrogen-bond acceptors (Lipinski definition) is 3. The molecule has 0 aliphatic carbocycles. The quantitative estimate of drug-likeness (QED) is 0.874. The molecule has 0 fully saturated rings. The molecule has 2 aromatic carbocycles. The van der Waals surface area contributed by atoms with E-state index in [1.807, 2.05) is 12.1 Å². The zero-order valence-electron chi connectivity index (χ0n) is 12.8. The highest BCUT2D eigenvalue weighted by Gasteiger charge is 2.17. The fourth-order valence-electron chi connectivity index (χ4n) is 2.91. The molecular formula is C18H21NO2S. The van der Waals surface area contributed by atoms with Crippen molar-refractivity contribution in [1.82, 2.24) is 4.90 Å². The molecular weight excluding hydrogens is 294 g/mol. The van der Waals surface area contributed by atoms with Crippen LogP contribution in [0.2, 0.25) is 0 Å². The van der Waals surface area contributed by atoms with Gasteiger partial charge in [-0.3, -0.25) is 0 Å². The molecule has 0 bridgehead atoms. The average Bonchev–Trinajstić information content (AvgIpc) is 2.70. The second-order valence-corrected chi connectivity index (χ2v) is 7.97. The molecule has 3 rings (SSSR count). The second-order valence-electron chi connectivity index (χ2n) is 5.98. The van der Waals surface area contributed by atoms with Gasteiger partial charge in [0.2, 0.25) is 0 Å². The largest absolute Gasteiger partial charge is 0.306 e. The molecule has 2 aromatic rings. The molecule has 0 saturated heterocycles. The van der Waals surface area contributed by atoms with Crippen molar-refractivity contribution in [2.24, 2.45) is 0 Å². The molecule has 1 aliphatic heterocycles. The third kappa shape index (κ3) is 3.39. The van der Waals surface area contributed by atoms with Gasteiger partial charge in [-0.2, -0.15) is 0 Å². The Morgan fingerprint density at radius 3 is 2.36 bits per heavy atom. The van der Waals surface area contributed by atoms with Gasteiger partial charge in [0.25, 0.3) is 0 Å². The maximum atomic E-state index is 12.5. The van der Waals surface area contributed by atoms with E-state index in [2.05, 4.69) is 24.1 Å². The number of nitrogens with zero attached hydrogens (tertiary/aromatic N) is 1. The lowest BCUT2D eigenvalue weighted by Crippen LogP contribution is -2.20. The predicted molar refractivity (Wildman–Crippen MR) is 88.7 cm³/mol. The third-order valence-electron chi connectivity index (χ3n) is 4.26. The molecule has 0 amide bonds. The van der Waals surface area contributed by atoms with E-state index in [-0.39, 0.29) is 5.75 Å². The molecule has 0 saturated carbocycles. The van der Waals surface area contributed by atoms with Crippen LogP contribution < -0.4 is 0 Å². The molecule has 4 heteroatoms. The van der Waals surface area contributed by atoms with Crippen LogP contribution in [0.5, 0.6) is 0 Å². The standard InChI is InChI=1S/C18H21NO2S/c1-19-11-9-16-8-7-15(13-17(16)10-12-19)14-22(20,21)18-5-3-2-4-6-18/h2-8,13H,9-12,14H2,1H3. The van der Waals surface area contributed by atoms with E-state index in [0.29, 0.717) is 4.90 Å². The summed E-state index contributed by atoms with van der Waals surface area (Å²) in [5.74, 6) is 0.0696. The normalized spacial score (nSPS) is 16.0. The van der Waals surface area contributed by atoms with E-state index in [4.69, 9.17) is 0 Å². The van der Waals surface area contributed by atoms with Gasteiger partial charge in [0, 0.05) is 13.1 Å². The highest BCUT2D eigenvalue weighted by Crippen LogP contribution is 2.21. The summed E-state index contributed by atoms with van der Waals surface area (Å²) >= 11 is 0. The van der Waals surface area contributed by atoms with E-state index in [1.165, 1.54) is 11.1 Å². The summed E-state index contributed by atoms with van der Waals surface area (Å²) in [7, 11) is -1.14. The van der Waals surface area contributed by atoms with Gasteiger partial charge in [-0.25, -0.2) is 8.42 Å². The number of benzene rings is 2. The van der Waals surface area contributed by atoms with Gasteiger partial charge in [-0.1, -0.05) is 36.4 Å². The average molecular weight is 315 g/mol. The van der Waals surface area contributed by atoms with Crippen molar-refractivity contribution in [2.75, 3.05) is 20.1 Å². The second kappa shape index (κ2) is 6.23. The Balaban J connectivity index is 1.85. The van der Waals surface area contributed by atoms with Crippen molar-refractivity contribution in [2.45, 2.75) is 23.5 Å². The number of fused-ring (bicyclic) bond motifs is 1. The van der Waals surface area contributed by atoms with Crippen molar-refractivity contribution in [3.8, 4) is 0 Å². The van der Waals surface area contributed by atoms with Crippen LogP contribution in [-0.2, 0) is 28.4 Å². The first-order chi connectivity index (χ1) is 10.5. The van der Waals surface area contributed by atoms with Gasteiger partial charge in [0.15, 0.2) is 9.84 Å². The maximum Gasteiger partial charge on any atom is 0.182 e. The first-order valence-electron chi connectivity index (χ1n) is 7.62. The van der Waals surface area contributed by atoms with Crippen molar-refractivity contribution in [3.05, 3.63) is 65.2 Å². The van der Waals surface area contributed by atoms with E-state index in [9.17, 15) is 8.42 Å². The van der Waals surface area contributed by atoms with E-state index in [0.717, 1.165) is 31.5 Å². The Labute approximate surface area is 132 Å². The molecule has 0 atom stereocenters. The maximum absolute atomic E-state index is 12.5. The van der Waals surface area contributed by atoms with Gasteiger partial charge in [-0.05, 0) is 48.7 Å². The zero-order chi connectivity index (χ0) is 15.6. The monoisotopic (exact) mass is 315 g/mol. The van der Waals surface area contributed by atoms with Crippen molar-refractivity contribution in [3.63, 3.8) is 0 Å². The first kappa shape index (κ1) is 15.3. The molecule has 1 heterocycles. The minimum Gasteiger partial charge on any atom is -0.306 e. The van der Waals surface area contributed by atoms with Crippen LogP contribution in [-0.4, -0.2) is 33.5 Å². The molecule has 0 N–H and O–H groups in total. The summed E-state index contributed by atoms with van der Waals surface area (Å²) in [6.07, 6.45) is 2.03. The SMILES string of the molecule is CN1CCc2ccc(CS(=O)(=O)c3ccccc3)cc2CC1. The number of hydrogen-bond donors (Lipinski definition) is 0. The highest BCUT2D eigenvalue weighted by molar-refractivity contribution is 7.90. The van der Waals surface area contributed by atoms with Crippen LogP contribution >= 0.6 is 0 Å². The van der Waals surface area contributed by atoms with E-state index >= 15 is 0 Å². The van der Waals surface area contributed by atoms with Gasteiger partial charge in [0.1, 0.15) is 0 Å². The Morgan fingerprint density at radius 2 is 1.64 bits per heavy atom. The summed E-state index contributed by atoms with van der Waals surface area (Å²) < 4.78 is 25.0. The predicted octanol–water partition coefficient (Wildman–Crippen LogP) is 2.69. The summed E-state index contributed by atoms with van der Waals surface area (Å²) in [6.45, 7) is 2.09. The van der Waals surface area contributed by atoms with Crippen LogP contribution in [0, 0.1) is 0 Å². The smallest absolute Gasteiger partial charge is 0.182 e. The fraction of sp³-hybridized carbons (Fsp3) is 0.333. The molecule has 0 radical (unpaired) electrons. The molecule has 0 spiro atoms. The Kier molecular flexibility index (Phi) is 4.32. The topological polar surface area (TPSA) is 37.4 Å². The zero-order valence-corrected chi connectivity index (χ0v) is 13.6. The highest BCUT2D eigenvalue weighted by atomic mass is 32.2. The van der Waals surface area contributed by atoms with Crippen molar-refractivity contribution < 1.29 is 8.42 Å². The Bertz CT molecular complexity index is 754. The van der Waals surface area contributed by atoms with Gasteiger partial charge in [0.05, 0.1) is 10.6 Å². The Hall–Kier alpha value is -1.65. The van der Waals surface area contributed by atoms with Crippen LogP contribution in [0.15, 0.2) is 53.4 Å². The minimum absolute atomic E-state index is 0.0696. The summed E-state index contributed by atoms with van der Waals surface area (Å²) in [6, 6.07) is 14.8. The van der Waals surface area contributed by atoms with Crippen LogP contribution in [0.3, 0.4) is 0 Å². The summed E-state index contributed by atoms with van der Waals surface area (Å²) in [4.78, 5) is 2.71. The molecule has 1 aliphatic rings. The molecule has 116 valence electrons. The molecule has 0 aromatic heterocycles. The van der Waals surface area contributed by atoms with Gasteiger partial charge >= 0.3 is 0 Å². The van der Waals surface area contributed by atoms with Crippen molar-refractivity contribution in [1.29, 1.82) is 0 Å². The molecule has 22 heavy (non-hydrogen) atoms. The summed E-state index contributed by atoms with van der Waals surface area (Å²) in [5, 5.41) is 0. The molecule has 0 unspecified atom stereocenters. The van der Waals surface area contributed by atoms with Gasteiger partial charge in [-0.15, -0.1) is 0 Å². The summed E-state index contributed by atoms with van der Waals surface area (Å²) in [5.41, 5.74) is 3.53. The van der Waals surface area contributed by atoms with Crippen LogP contribution in [0.4, 0.5) is 0 Å². The van der Waals surface area contributed by atoms with Crippen molar-refractivity contribution >= 4 is 9.84 Å². The fourth-order valence-corrected chi connectivity index (χ4v) is 4.27. The lowest BCUT2D eigenvalue weighted by atomic mass is 10.0. The lowest BCUT2D eigenvalue weighted by molar-refractivity contribution is 0.352. The van der Waals surface area contributed by atoms with E-state index < -0.39 is 9.84 Å². The lowest BCUT2D eigenvalue weighted by Gasteiger charge is -2.10. The third-order valence-corrected chi connectivity index (χ3v) is 5.96. The van der Waals surface area contributed by atoms with Crippen LogP contribution in [0.1, 0.15) is 16.7 Å². The number of rotatable bonds is 3. The first-order valence-corrected chi connectivity index (χ1v) is 9.27. The van der Waals surface area contributed by atoms with Gasteiger partial charge < -0.3 is 4.90 Å². The minimum atomic E-state index is -3.27. The van der Waals surface area contributed by atoms with Crippen LogP contribution in [0.25, 0.3) is 0 Å². The number of sulfone groups is 1. The Morgan fingerprint density at radius 1 is 0.955 bits per heavy atom.